The van der Waals surface area contributed by atoms with Gasteiger partial charge < -0.3 is 10.2 Å². The van der Waals surface area contributed by atoms with Gasteiger partial charge in [-0.1, -0.05) is 0 Å². The van der Waals surface area contributed by atoms with E-state index in [0.29, 0.717) is 6.04 Å². The molecule has 2 aliphatic rings. The van der Waals surface area contributed by atoms with Crippen molar-refractivity contribution in [3.8, 4) is 0 Å². The first-order valence-electron chi connectivity index (χ1n) is 7.03. The van der Waals surface area contributed by atoms with Crippen molar-refractivity contribution in [1.29, 1.82) is 0 Å². The smallest absolute Gasteiger partial charge is 0.225 e. The first-order valence-corrected chi connectivity index (χ1v) is 7.03. The predicted octanol–water partition coefficient (Wildman–Crippen LogP) is 2.03. The summed E-state index contributed by atoms with van der Waals surface area (Å²) >= 11 is 0. The number of nitrogens with one attached hydrogen (secondary N) is 1. The van der Waals surface area contributed by atoms with Crippen LogP contribution in [0.1, 0.15) is 43.5 Å². The molecule has 2 fully saturated rings. The van der Waals surface area contributed by atoms with Gasteiger partial charge in [0.2, 0.25) is 5.95 Å². The molecule has 1 N–H and O–H groups in total. The second kappa shape index (κ2) is 4.84. The third-order valence-corrected chi connectivity index (χ3v) is 3.98. The van der Waals surface area contributed by atoms with E-state index in [4.69, 9.17) is 0 Å². The van der Waals surface area contributed by atoms with Gasteiger partial charge >= 0.3 is 0 Å². The number of rotatable bonds is 5. The van der Waals surface area contributed by atoms with E-state index in [1.165, 1.54) is 32.1 Å². The molecular formula is C14H22N4. The van der Waals surface area contributed by atoms with Crippen LogP contribution in [0.25, 0.3) is 0 Å². The van der Waals surface area contributed by atoms with E-state index in [1.807, 2.05) is 0 Å². The number of hydrogen-bond donors (Lipinski definition) is 1. The number of nitrogens with zero attached hydrogens (tertiary/aromatic N) is 3. The summed E-state index contributed by atoms with van der Waals surface area (Å²) in [5, 5.41) is 3.51. The Hall–Kier alpha value is -1.16. The van der Waals surface area contributed by atoms with Crippen LogP contribution in [-0.2, 0) is 6.54 Å². The molecule has 2 saturated carbocycles. The van der Waals surface area contributed by atoms with Crippen LogP contribution in [-0.4, -0.2) is 29.1 Å². The fraction of sp³-hybridized carbons (Fsp3) is 0.714. The summed E-state index contributed by atoms with van der Waals surface area (Å²) in [6, 6.07) is 3.47. The molecule has 0 radical (unpaired) electrons. The van der Waals surface area contributed by atoms with Crippen molar-refractivity contribution in [3.63, 3.8) is 0 Å². The van der Waals surface area contributed by atoms with E-state index < -0.39 is 0 Å². The standard InChI is InChI=1S/C14H22N4/c1-10-8-12(9-15-11-6-7-11)17-14(16-10)18(2)13-4-3-5-13/h8,11,13,15H,3-7,9H2,1-2H3. The SMILES string of the molecule is Cc1cc(CNC2CC2)nc(N(C)C2CCC2)n1. The van der Waals surface area contributed by atoms with Crippen molar-refractivity contribution < 1.29 is 0 Å². The van der Waals surface area contributed by atoms with Crippen molar-refractivity contribution in [1.82, 2.24) is 15.3 Å². The second-order valence-electron chi connectivity index (χ2n) is 5.65. The van der Waals surface area contributed by atoms with Crippen LogP contribution in [0, 0.1) is 6.92 Å². The van der Waals surface area contributed by atoms with Gasteiger partial charge in [0.25, 0.3) is 0 Å². The van der Waals surface area contributed by atoms with Crippen LogP contribution < -0.4 is 10.2 Å². The van der Waals surface area contributed by atoms with Crippen molar-refractivity contribution in [2.24, 2.45) is 0 Å². The lowest BCUT2D eigenvalue weighted by molar-refractivity contribution is 0.396. The van der Waals surface area contributed by atoms with Gasteiger partial charge in [-0.25, -0.2) is 9.97 Å². The second-order valence-corrected chi connectivity index (χ2v) is 5.65. The molecule has 0 aliphatic heterocycles. The van der Waals surface area contributed by atoms with E-state index in [-0.39, 0.29) is 0 Å². The zero-order valence-corrected chi connectivity index (χ0v) is 11.3. The monoisotopic (exact) mass is 246 g/mol. The third-order valence-electron chi connectivity index (χ3n) is 3.98. The summed E-state index contributed by atoms with van der Waals surface area (Å²) in [7, 11) is 2.12. The van der Waals surface area contributed by atoms with Crippen LogP contribution >= 0.6 is 0 Å². The van der Waals surface area contributed by atoms with Gasteiger partial charge in [0, 0.05) is 31.4 Å². The molecule has 0 aromatic carbocycles. The molecule has 98 valence electrons. The topological polar surface area (TPSA) is 41.1 Å². The van der Waals surface area contributed by atoms with Gasteiger partial charge in [0.05, 0.1) is 5.69 Å². The molecule has 0 saturated heterocycles. The molecule has 0 spiro atoms. The minimum Gasteiger partial charge on any atom is -0.341 e. The van der Waals surface area contributed by atoms with Crippen molar-refractivity contribution in [2.45, 2.75) is 57.7 Å². The van der Waals surface area contributed by atoms with Gasteiger partial charge in [-0.2, -0.15) is 0 Å². The highest BCUT2D eigenvalue weighted by Crippen LogP contribution is 2.26. The van der Waals surface area contributed by atoms with Gasteiger partial charge in [0.1, 0.15) is 0 Å². The molecule has 1 aromatic heterocycles. The number of aromatic nitrogens is 2. The molecular weight excluding hydrogens is 224 g/mol. The van der Waals surface area contributed by atoms with Crippen LogP contribution in [0.5, 0.6) is 0 Å². The van der Waals surface area contributed by atoms with Gasteiger partial charge in [-0.05, 0) is 45.1 Å². The lowest BCUT2D eigenvalue weighted by Crippen LogP contribution is -2.38. The van der Waals surface area contributed by atoms with Crippen molar-refractivity contribution in [3.05, 3.63) is 17.5 Å². The van der Waals surface area contributed by atoms with Gasteiger partial charge in [-0.3, -0.25) is 0 Å². The Morgan fingerprint density at radius 1 is 1.28 bits per heavy atom. The predicted molar refractivity (Wildman–Crippen MR) is 72.7 cm³/mol. The largest absolute Gasteiger partial charge is 0.341 e. The maximum absolute atomic E-state index is 4.69. The highest BCUT2D eigenvalue weighted by atomic mass is 15.3. The first-order chi connectivity index (χ1) is 8.72. The number of anilines is 1. The van der Waals surface area contributed by atoms with Gasteiger partial charge in [0.15, 0.2) is 0 Å². The minimum absolute atomic E-state index is 0.649. The number of hydrogen-bond acceptors (Lipinski definition) is 4. The summed E-state index contributed by atoms with van der Waals surface area (Å²) in [5.74, 6) is 0.896. The molecule has 4 nitrogen and oxygen atoms in total. The van der Waals surface area contributed by atoms with Gasteiger partial charge in [-0.15, -0.1) is 0 Å². The molecule has 4 heteroatoms. The summed E-state index contributed by atoms with van der Waals surface area (Å²) in [6.45, 7) is 2.93. The summed E-state index contributed by atoms with van der Waals surface area (Å²) < 4.78 is 0. The first kappa shape index (κ1) is 11.9. The molecule has 0 bridgehead atoms. The highest BCUT2D eigenvalue weighted by Gasteiger charge is 2.24. The summed E-state index contributed by atoms with van der Waals surface area (Å²) in [4.78, 5) is 11.5. The van der Waals surface area contributed by atoms with Crippen molar-refractivity contribution in [2.75, 3.05) is 11.9 Å². The fourth-order valence-electron chi connectivity index (χ4n) is 2.34. The normalized spacial score (nSPS) is 19.7. The van der Waals surface area contributed by atoms with Crippen LogP contribution in [0.15, 0.2) is 6.07 Å². The molecule has 1 heterocycles. The van der Waals surface area contributed by atoms with Crippen LogP contribution in [0.2, 0.25) is 0 Å². The van der Waals surface area contributed by atoms with Crippen molar-refractivity contribution >= 4 is 5.95 Å². The maximum atomic E-state index is 4.69. The van der Waals surface area contributed by atoms with Crippen LogP contribution in [0.4, 0.5) is 5.95 Å². The van der Waals surface area contributed by atoms with E-state index >= 15 is 0 Å². The lowest BCUT2D eigenvalue weighted by atomic mass is 9.92. The molecule has 0 unspecified atom stereocenters. The molecule has 3 rings (SSSR count). The fourth-order valence-corrected chi connectivity index (χ4v) is 2.34. The Morgan fingerprint density at radius 3 is 2.67 bits per heavy atom. The minimum atomic E-state index is 0.649. The molecule has 2 aliphatic carbocycles. The lowest BCUT2D eigenvalue weighted by Gasteiger charge is -2.34. The molecule has 0 atom stereocenters. The van der Waals surface area contributed by atoms with E-state index in [9.17, 15) is 0 Å². The average Bonchev–Trinajstić information content (AvgIpc) is 3.07. The molecule has 1 aromatic rings. The highest BCUT2D eigenvalue weighted by molar-refractivity contribution is 5.33. The quantitative estimate of drug-likeness (QED) is 0.863. The Morgan fingerprint density at radius 2 is 2.06 bits per heavy atom. The van der Waals surface area contributed by atoms with E-state index in [0.717, 1.165) is 29.9 Å². The molecule has 18 heavy (non-hydrogen) atoms. The number of aryl methyl sites for hydroxylation is 1. The Bertz CT molecular complexity index is 424. The Labute approximate surface area is 109 Å². The van der Waals surface area contributed by atoms with E-state index in [1.54, 1.807) is 0 Å². The van der Waals surface area contributed by atoms with E-state index in [2.05, 4.69) is 40.2 Å². The summed E-state index contributed by atoms with van der Waals surface area (Å²) in [5.41, 5.74) is 2.19. The summed E-state index contributed by atoms with van der Waals surface area (Å²) in [6.07, 6.45) is 6.54. The Balaban J connectivity index is 1.71. The zero-order valence-electron chi connectivity index (χ0n) is 11.3. The van der Waals surface area contributed by atoms with Crippen LogP contribution in [0.3, 0.4) is 0 Å². The third kappa shape index (κ3) is 2.64. The molecule has 0 amide bonds. The average molecular weight is 246 g/mol. The Kier molecular flexibility index (Phi) is 3.20. The maximum Gasteiger partial charge on any atom is 0.225 e. The zero-order chi connectivity index (χ0) is 12.5.